The van der Waals surface area contributed by atoms with Gasteiger partial charge in [0.05, 0.1) is 6.54 Å². The van der Waals surface area contributed by atoms with Crippen molar-refractivity contribution in [3.05, 3.63) is 0 Å². The first-order valence-corrected chi connectivity index (χ1v) is 6.78. The normalized spacial score (nSPS) is 14.7. The minimum absolute atomic E-state index is 0.0887. The summed E-state index contributed by atoms with van der Waals surface area (Å²) in [5, 5.41) is 6.21. The highest BCUT2D eigenvalue weighted by molar-refractivity contribution is 5.78. The lowest BCUT2D eigenvalue weighted by Crippen LogP contribution is -2.45. The van der Waals surface area contributed by atoms with E-state index in [1.807, 2.05) is 6.92 Å². The fourth-order valence-electron chi connectivity index (χ4n) is 1.63. The first-order valence-electron chi connectivity index (χ1n) is 6.78. The highest BCUT2D eigenvalue weighted by atomic mass is 16.1. The van der Waals surface area contributed by atoms with Gasteiger partial charge in [0.25, 0.3) is 0 Å². The minimum atomic E-state index is 0.0887. The predicted octanol–water partition coefficient (Wildman–Crippen LogP) is 1.22. The molecule has 0 radical (unpaired) electrons. The van der Waals surface area contributed by atoms with Crippen molar-refractivity contribution in [2.24, 2.45) is 0 Å². The molecule has 4 nitrogen and oxygen atoms in total. The molecule has 2 atom stereocenters. The fourth-order valence-corrected chi connectivity index (χ4v) is 1.63. The molecule has 0 fully saturated rings. The van der Waals surface area contributed by atoms with Crippen molar-refractivity contribution < 1.29 is 4.79 Å². The number of nitrogens with one attached hydrogen (secondary N) is 2. The summed E-state index contributed by atoms with van der Waals surface area (Å²) in [6, 6.07) is 0.611. The highest BCUT2D eigenvalue weighted by Crippen LogP contribution is 1.91. The first kappa shape index (κ1) is 16.4. The Morgan fingerprint density at radius 2 is 1.71 bits per heavy atom. The lowest BCUT2D eigenvalue weighted by atomic mass is 10.2. The van der Waals surface area contributed by atoms with Crippen LogP contribution in [0.25, 0.3) is 0 Å². The minimum Gasteiger partial charge on any atom is -0.353 e. The maximum absolute atomic E-state index is 11.6. The molecule has 0 aliphatic carbocycles. The summed E-state index contributed by atoms with van der Waals surface area (Å²) in [6.07, 6.45) is 0.973. The van der Waals surface area contributed by atoms with Gasteiger partial charge in [0.2, 0.25) is 5.91 Å². The van der Waals surface area contributed by atoms with Crippen LogP contribution in [-0.4, -0.2) is 49.1 Å². The number of nitrogens with zero attached hydrogens (tertiary/aromatic N) is 1. The van der Waals surface area contributed by atoms with E-state index in [4.69, 9.17) is 0 Å². The van der Waals surface area contributed by atoms with E-state index in [1.54, 1.807) is 0 Å². The molecule has 0 aromatic carbocycles. The van der Waals surface area contributed by atoms with Gasteiger partial charge in [0.15, 0.2) is 0 Å². The molecule has 4 heteroatoms. The molecule has 2 N–H and O–H groups in total. The van der Waals surface area contributed by atoms with Crippen LogP contribution in [0.4, 0.5) is 0 Å². The number of hydrogen-bond donors (Lipinski definition) is 2. The molecule has 0 spiro atoms. The van der Waals surface area contributed by atoms with Gasteiger partial charge < -0.3 is 15.5 Å². The standard InChI is InChI=1S/C13H29N3O/c1-6-11(4)15-13(17)9-14-12(5)10-16(7-2)8-3/h11-12,14H,6-10H2,1-5H3,(H,15,17). The van der Waals surface area contributed by atoms with Crippen molar-refractivity contribution in [3.63, 3.8) is 0 Å². The van der Waals surface area contributed by atoms with E-state index in [1.165, 1.54) is 0 Å². The summed E-state index contributed by atoms with van der Waals surface area (Å²) in [5.74, 6) is 0.0887. The van der Waals surface area contributed by atoms with Gasteiger partial charge in [0, 0.05) is 18.6 Å². The Kier molecular flexibility index (Phi) is 9.09. The van der Waals surface area contributed by atoms with Gasteiger partial charge in [-0.1, -0.05) is 20.8 Å². The number of hydrogen-bond acceptors (Lipinski definition) is 3. The van der Waals surface area contributed by atoms with Crippen LogP contribution in [0.3, 0.4) is 0 Å². The van der Waals surface area contributed by atoms with E-state index in [9.17, 15) is 4.79 Å². The summed E-state index contributed by atoms with van der Waals surface area (Å²) in [5.41, 5.74) is 0. The number of likely N-dealkylation sites (N-methyl/N-ethyl adjacent to an activating group) is 1. The van der Waals surface area contributed by atoms with Crippen LogP contribution in [0.5, 0.6) is 0 Å². The molecule has 0 aromatic heterocycles. The number of amides is 1. The molecule has 0 aliphatic rings. The van der Waals surface area contributed by atoms with Crippen molar-refractivity contribution in [2.75, 3.05) is 26.2 Å². The van der Waals surface area contributed by atoms with Crippen LogP contribution < -0.4 is 10.6 Å². The van der Waals surface area contributed by atoms with Crippen LogP contribution >= 0.6 is 0 Å². The van der Waals surface area contributed by atoms with E-state index in [0.29, 0.717) is 12.6 Å². The SMILES string of the molecule is CCC(C)NC(=O)CNC(C)CN(CC)CC. The second-order valence-electron chi connectivity index (χ2n) is 4.64. The summed E-state index contributed by atoms with van der Waals surface area (Å²) in [4.78, 5) is 13.9. The molecule has 17 heavy (non-hydrogen) atoms. The molecule has 0 saturated heterocycles. The quantitative estimate of drug-likeness (QED) is 0.640. The Morgan fingerprint density at radius 1 is 1.12 bits per heavy atom. The molecule has 0 aliphatic heterocycles. The lowest BCUT2D eigenvalue weighted by Gasteiger charge is -2.23. The van der Waals surface area contributed by atoms with Gasteiger partial charge in [-0.3, -0.25) is 4.79 Å². The van der Waals surface area contributed by atoms with E-state index >= 15 is 0 Å². The van der Waals surface area contributed by atoms with E-state index in [2.05, 4.69) is 43.2 Å². The largest absolute Gasteiger partial charge is 0.353 e. The lowest BCUT2D eigenvalue weighted by molar-refractivity contribution is -0.121. The van der Waals surface area contributed by atoms with Crippen LogP contribution in [0.1, 0.15) is 41.0 Å². The second-order valence-corrected chi connectivity index (χ2v) is 4.64. The Hall–Kier alpha value is -0.610. The van der Waals surface area contributed by atoms with Crippen molar-refractivity contribution in [3.8, 4) is 0 Å². The topological polar surface area (TPSA) is 44.4 Å². The monoisotopic (exact) mass is 243 g/mol. The molecular weight excluding hydrogens is 214 g/mol. The Balaban J connectivity index is 3.75. The van der Waals surface area contributed by atoms with Crippen molar-refractivity contribution in [1.82, 2.24) is 15.5 Å². The van der Waals surface area contributed by atoms with Gasteiger partial charge in [-0.25, -0.2) is 0 Å². The molecule has 102 valence electrons. The summed E-state index contributed by atoms with van der Waals surface area (Å²) in [6.45, 7) is 14.0. The van der Waals surface area contributed by atoms with Crippen LogP contribution in [0, 0.1) is 0 Å². The number of carbonyl (C=O) groups is 1. The van der Waals surface area contributed by atoms with Crippen LogP contribution in [0.15, 0.2) is 0 Å². The predicted molar refractivity (Wildman–Crippen MR) is 73.1 cm³/mol. The van der Waals surface area contributed by atoms with Gasteiger partial charge in [-0.15, -0.1) is 0 Å². The molecule has 0 rings (SSSR count). The molecule has 0 aromatic rings. The van der Waals surface area contributed by atoms with Crippen molar-refractivity contribution in [1.29, 1.82) is 0 Å². The zero-order valence-corrected chi connectivity index (χ0v) is 12.0. The average molecular weight is 243 g/mol. The fraction of sp³-hybridized carbons (Fsp3) is 0.923. The zero-order valence-electron chi connectivity index (χ0n) is 12.0. The average Bonchev–Trinajstić information content (AvgIpc) is 2.33. The highest BCUT2D eigenvalue weighted by Gasteiger charge is 2.09. The maximum atomic E-state index is 11.6. The Morgan fingerprint density at radius 3 is 2.18 bits per heavy atom. The second kappa shape index (κ2) is 9.42. The third-order valence-corrected chi connectivity index (χ3v) is 3.06. The van der Waals surface area contributed by atoms with Gasteiger partial charge in [-0.05, 0) is 33.4 Å². The van der Waals surface area contributed by atoms with Gasteiger partial charge in [0.1, 0.15) is 0 Å². The molecular formula is C13H29N3O. The molecule has 1 amide bonds. The Labute approximate surface area is 106 Å². The molecule has 2 unspecified atom stereocenters. The third-order valence-electron chi connectivity index (χ3n) is 3.06. The third kappa shape index (κ3) is 8.16. The molecule has 0 heterocycles. The van der Waals surface area contributed by atoms with Gasteiger partial charge >= 0.3 is 0 Å². The van der Waals surface area contributed by atoms with Crippen molar-refractivity contribution in [2.45, 2.75) is 53.1 Å². The number of rotatable bonds is 9. The van der Waals surface area contributed by atoms with Crippen molar-refractivity contribution >= 4 is 5.91 Å². The maximum Gasteiger partial charge on any atom is 0.234 e. The van der Waals surface area contributed by atoms with E-state index < -0.39 is 0 Å². The summed E-state index contributed by atoms with van der Waals surface area (Å²) in [7, 11) is 0. The van der Waals surface area contributed by atoms with E-state index in [-0.39, 0.29) is 11.9 Å². The summed E-state index contributed by atoms with van der Waals surface area (Å²) < 4.78 is 0. The Bertz CT molecular complexity index is 205. The molecule has 0 bridgehead atoms. The number of carbonyl (C=O) groups excluding carboxylic acids is 1. The van der Waals surface area contributed by atoms with Crippen LogP contribution in [-0.2, 0) is 4.79 Å². The van der Waals surface area contributed by atoms with Crippen LogP contribution in [0.2, 0.25) is 0 Å². The zero-order chi connectivity index (χ0) is 13.3. The van der Waals surface area contributed by atoms with Gasteiger partial charge in [-0.2, -0.15) is 0 Å². The first-order chi connectivity index (χ1) is 8.03. The van der Waals surface area contributed by atoms with E-state index in [0.717, 1.165) is 26.1 Å². The molecule has 0 saturated carbocycles. The summed E-state index contributed by atoms with van der Waals surface area (Å²) >= 11 is 0. The smallest absolute Gasteiger partial charge is 0.234 e.